The van der Waals surface area contributed by atoms with Gasteiger partial charge < -0.3 is 9.53 Å². The third-order valence-corrected chi connectivity index (χ3v) is 4.78. The molecule has 136 valence electrons. The highest BCUT2D eigenvalue weighted by atomic mass is 32.2. The van der Waals surface area contributed by atoms with Gasteiger partial charge in [-0.2, -0.15) is 8.42 Å². The van der Waals surface area contributed by atoms with Crippen molar-refractivity contribution in [1.82, 2.24) is 0 Å². The number of rotatable bonds is 15. The summed E-state index contributed by atoms with van der Waals surface area (Å²) in [5.41, 5.74) is 0. The summed E-state index contributed by atoms with van der Waals surface area (Å²) >= 11 is 0. The van der Waals surface area contributed by atoms with Gasteiger partial charge in [0, 0.05) is 6.42 Å². The first-order valence-electron chi connectivity index (χ1n) is 8.50. The van der Waals surface area contributed by atoms with Gasteiger partial charge in [0.05, 0.1) is 6.61 Å². The highest BCUT2D eigenvalue weighted by molar-refractivity contribution is 7.87. The topological polar surface area (TPSA) is 97.7 Å². The van der Waals surface area contributed by atoms with Gasteiger partial charge in [0.1, 0.15) is 6.29 Å². The Balaban J connectivity index is 3.63. The van der Waals surface area contributed by atoms with E-state index in [-0.39, 0.29) is 12.9 Å². The average Bonchev–Trinajstić information content (AvgIpc) is 2.48. The van der Waals surface area contributed by atoms with E-state index in [1.165, 1.54) is 38.5 Å². The molecule has 1 N–H and O–H groups in total. The number of hydrogen-bond acceptors (Lipinski definition) is 5. The van der Waals surface area contributed by atoms with Crippen LogP contribution in [-0.2, 0) is 24.4 Å². The molecule has 0 aliphatic heterocycles. The Labute approximate surface area is 139 Å². The molecule has 0 aromatic heterocycles. The van der Waals surface area contributed by atoms with Gasteiger partial charge in [-0.1, -0.05) is 64.7 Å². The molecule has 0 saturated carbocycles. The lowest BCUT2D eigenvalue weighted by atomic mass is 10.1. The van der Waals surface area contributed by atoms with E-state index in [2.05, 4.69) is 6.92 Å². The van der Waals surface area contributed by atoms with Gasteiger partial charge >= 0.3 is 5.97 Å². The van der Waals surface area contributed by atoms with Crippen LogP contribution in [0.3, 0.4) is 0 Å². The molecule has 6 nitrogen and oxygen atoms in total. The number of carbonyl (C=O) groups is 2. The lowest BCUT2D eigenvalue weighted by molar-refractivity contribution is -0.144. The quantitative estimate of drug-likeness (QED) is 0.211. The van der Waals surface area contributed by atoms with Crippen LogP contribution in [0.25, 0.3) is 0 Å². The summed E-state index contributed by atoms with van der Waals surface area (Å²) in [7, 11) is -4.60. The number of aldehydes is 1. The molecule has 0 bridgehead atoms. The van der Waals surface area contributed by atoms with E-state index in [9.17, 15) is 18.0 Å². The zero-order valence-corrected chi connectivity index (χ0v) is 14.9. The van der Waals surface area contributed by atoms with E-state index >= 15 is 0 Å². The predicted octanol–water partition coefficient (Wildman–Crippen LogP) is 3.30. The normalized spacial score (nSPS) is 12.8. The minimum atomic E-state index is -4.60. The largest absolute Gasteiger partial charge is 0.465 e. The molecule has 0 fully saturated rings. The Morgan fingerprint density at radius 1 is 1.00 bits per heavy atom. The molecule has 7 heteroatoms. The summed E-state index contributed by atoms with van der Waals surface area (Å²) in [6.45, 7) is 2.31. The molecule has 1 atom stereocenters. The number of carbonyl (C=O) groups excluding carboxylic acids is 2. The zero-order chi connectivity index (χ0) is 17.6. The molecule has 0 rings (SSSR count). The Bertz CT molecular complexity index is 418. The van der Waals surface area contributed by atoms with Crippen LogP contribution in [0.5, 0.6) is 0 Å². The molecule has 0 amide bonds. The van der Waals surface area contributed by atoms with Crippen molar-refractivity contribution in [2.75, 3.05) is 6.61 Å². The number of ether oxygens (including phenoxy) is 1. The summed E-state index contributed by atoms with van der Waals surface area (Å²) in [5.74, 6) is -1.06. The fourth-order valence-corrected chi connectivity index (χ4v) is 2.92. The third kappa shape index (κ3) is 12.2. The predicted molar refractivity (Wildman–Crippen MR) is 88.8 cm³/mol. The van der Waals surface area contributed by atoms with Crippen LogP contribution in [0, 0.1) is 0 Å². The van der Waals surface area contributed by atoms with Crippen LogP contribution in [0.2, 0.25) is 0 Å². The lowest BCUT2D eigenvalue weighted by Crippen LogP contribution is -2.32. The van der Waals surface area contributed by atoms with Crippen molar-refractivity contribution in [3.8, 4) is 0 Å². The molecule has 0 aliphatic rings. The maximum Gasteiger partial charge on any atom is 0.327 e. The highest BCUT2D eigenvalue weighted by Gasteiger charge is 2.32. The first-order chi connectivity index (χ1) is 10.9. The summed E-state index contributed by atoms with van der Waals surface area (Å²) in [6, 6.07) is 0. The van der Waals surface area contributed by atoms with E-state index in [4.69, 9.17) is 9.29 Å². The zero-order valence-electron chi connectivity index (χ0n) is 14.0. The van der Waals surface area contributed by atoms with Crippen LogP contribution in [0.4, 0.5) is 0 Å². The number of hydrogen-bond donors (Lipinski definition) is 1. The van der Waals surface area contributed by atoms with E-state index in [0.717, 1.165) is 19.3 Å². The Morgan fingerprint density at radius 2 is 1.48 bits per heavy atom. The molecule has 0 aliphatic carbocycles. The van der Waals surface area contributed by atoms with E-state index in [0.29, 0.717) is 6.42 Å². The lowest BCUT2D eigenvalue weighted by Gasteiger charge is -2.10. The van der Waals surface area contributed by atoms with Crippen molar-refractivity contribution in [2.24, 2.45) is 0 Å². The van der Waals surface area contributed by atoms with Gasteiger partial charge in [0.2, 0.25) is 0 Å². The Morgan fingerprint density at radius 3 is 1.91 bits per heavy atom. The second-order valence-corrected chi connectivity index (χ2v) is 7.35. The molecule has 0 aromatic carbocycles. The summed E-state index contributed by atoms with van der Waals surface area (Å²) < 4.78 is 35.6. The van der Waals surface area contributed by atoms with Gasteiger partial charge in [-0.25, -0.2) is 0 Å². The van der Waals surface area contributed by atoms with E-state index in [1.807, 2.05) is 0 Å². The van der Waals surface area contributed by atoms with Crippen molar-refractivity contribution in [1.29, 1.82) is 0 Å². The molecule has 23 heavy (non-hydrogen) atoms. The molecule has 0 heterocycles. The summed E-state index contributed by atoms with van der Waals surface area (Å²) in [6.07, 6.45) is 11.1. The molecule has 0 aromatic rings. The first kappa shape index (κ1) is 22.1. The number of esters is 1. The van der Waals surface area contributed by atoms with Crippen molar-refractivity contribution in [3.63, 3.8) is 0 Å². The summed E-state index contributed by atoms with van der Waals surface area (Å²) in [4.78, 5) is 21.9. The maximum absolute atomic E-state index is 11.5. The molecular formula is C16H30O6S. The standard InChI is InChI=1S/C16H30O6S/c1-2-3-4-5-6-7-8-9-10-11-14-22-16(18)15(12-13-17)23(19,20)21/h13,15H,2-12,14H2,1H3,(H,19,20,21). The fourth-order valence-electron chi connectivity index (χ4n) is 2.28. The SMILES string of the molecule is CCCCCCCCCCCCOC(=O)C(CC=O)S(=O)(=O)O. The smallest absolute Gasteiger partial charge is 0.327 e. The minimum absolute atomic E-state index is 0.111. The third-order valence-electron chi connectivity index (χ3n) is 3.67. The number of unbranched alkanes of at least 4 members (excludes halogenated alkanes) is 9. The Hall–Kier alpha value is -0.950. The van der Waals surface area contributed by atoms with Crippen LogP contribution in [0.1, 0.15) is 77.6 Å². The molecule has 0 spiro atoms. The van der Waals surface area contributed by atoms with E-state index in [1.54, 1.807) is 0 Å². The van der Waals surface area contributed by atoms with E-state index < -0.39 is 27.8 Å². The molecule has 1 unspecified atom stereocenters. The van der Waals surface area contributed by atoms with Crippen LogP contribution >= 0.6 is 0 Å². The van der Waals surface area contributed by atoms with Crippen molar-refractivity contribution in [2.45, 2.75) is 82.8 Å². The average molecular weight is 350 g/mol. The van der Waals surface area contributed by atoms with Crippen molar-refractivity contribution in [3.05, 3.63) is 0 Å². The molecule has 0 saturated heterocycles. The Kier molecular flexibility index (Phi) is 12.9. The van der Waals surface area contributed by atoms with Gasteiger partial charge in [-0.15, -0.1) is 0 Å². The van der Waals surface area contributed by atoms with Crippen LogP contribution in [-0.4, -0.2) is 37.1 Å². The fraction of sp³-hybridized carbons (Fsp3) is 0.875. The van der Waals surface area contributed by atoms with Gasteiger partial charge in [-0.05, 0) is 6.42 Å². The highest BCUT2D eigenvalue weighted by Crippen LogP contribution is 2.11. The first-order valence-corrected chi connectivity index (χ1v) is 10.00. The van der Waals surface area contributed by atoms with Gasteiger partial charge in [0.25, 0.3) is 10.1 Å². The maximum atomic E-state index is 11.5. The second-order valence-electron chi connectivity index (χ2n) is 5.76. The molecular weight excluding hydrogens is 320 g/mol. The molecule has 0 radical (unpaired) electrons. The minimum Gasteiger partial charge on any atom is -0.465 e. The van der Waals surface area contributed by atoms with Gasteiger partial charge in [-0.3, -0.25) is 9.35 Å². The van der Waals surface area contributed by atoms with Crippen LogP contribution in [0.15, 0.2) is 0 Å². The van der Waals surface area contributed by atoms with Crippen molar-refractivity contribution < 1.29 is 27.3 Å². The second kappa shape index (κ2) is 13.5. The van der Waals surface area contributed by atoms with Crippen molar-refractivity contribution >= 4 is 22.4 Å². The monoisotopic (exact) mass is 350 g/mol. The van der Waals surface area contributed by atoms with Crippen LogP contribution < -0.4 is 0 Å². The van der Waals surface area contributed by atoms with Gasteiger partial charge in [0.15, 0.2) is 5.25 Å². The summed E-state index contributed by atoms with van der Waals surface area (Å²) in [5, 5.41) is -1.80.